The fourth-order valence-corrected chi connectivity index (χ4v) is 2.55. The van der Waals surface area contributed by atoms with Gasteiger partial charge in [-0.2, -0.15) is 0 Å². The first-order chi connectivity index (χ1) is 12.3. The van der Waals surface area contributed by atoms with E-state index in [0.29, 0.717) is 13.2 Å². The molecule has 5 nitrogen and oxygen atoms in total. The molecule has 3 aromatic rings. The fourth-order valence-electron chi connectivity index (χ4n) is 2.55. The molecule has 0 aliphatic heterocycles. The normalized spacial score (nSPS) is 10.6. The molecular weight excluding hydrogens is 316 g/mol. The number of aromatic nitrogens is 2. The summed E-state index contributed by atoms with van der Waals surface area (Å²) in [7, 11) is 0. The van der Waals surface area contributed by atoms with E-state index in [1.54, 1.807) is 18.7 Å². The Morgan fingerprint density at radius 3 is 2.76 bits per heavy atom. The molecule has 130 valence electrons. The Morgan fingerprint density at radius 2 is 2.00 bits per heavy atom. The van der Waals surface area contributed by atoms with Gasteiger partial charge < -0.3 is 14.0 Å². The number of ether oxygens (including phenoxy) is 2. The van der Waals surface area contributed by atoms with Crippen LogP contribution in [0, 0.1) is 6.92 Å². The van der Waals surface area contributed by atoms with E-state index in [1.807, 2.05) is 31.2 Å². The van der Waals surface area contributed by atoms with Gasteiger partial charge >= 0.3 is 0 Å². The lowest BCUT2D eigenvalue weighted by atomic mass is 10.0. The van der Waals surface area contributed by atoms with Gasteiger partial charge in [-0.25, -0.2) is 0 Å². The first kappa shape index (κ1) is 17.0. The van der Waals surface area contributed by atoms with Crippen molar-refractivity contribution in [3.63, 3.8) is 0 Å². The van der Waals surface area contributed by atoms with Gasteiger partial charge in [-0.1, -0.05) is 18.1 Å². The van der Waals surface area contributed by atoms with Crippen LogP contribution in [0.15, 0.2) is 53.5 Å². The molecule has 2 aromatic heterocycles. The topological polar surface area (TPSA) is 57.4 Å². The number of hydrogen-bond acceptors (Lipinski definition) is 5. The van der Waals surface area contributed by atoms with E-state index in [0.717, 1.165) is 46.7 Å². The number of rotatable bonds is 8. The van der Waals surface area contributed by atoms with Gasteiger partial charge in [0.05, 0.1) is 19.4 Å². The second-order valence-corrected chi connectivity index (χ2v) is 5.77. The lowest BCUT2D eigenvalue weighted by molar-refractivity contribution is 0.304. The van der Waals surface area contributed by atoms with Gasteiger partial charge in [0, 0.05) is 41.1 Å². The predicted molar refractivity (Wildman–Crippen MR) is 95.9 cm³/mol. The highest BCUT2D eigenvalue weighted by atomic mass is 16.5. The van der Waals surface area contributed by atoms with Crippen LogP contribution in [0.4, 0.5) is 0 Å². The molecule has 0 amide bonds. The molecule has 0 radical (unpaired) electrons. The van der Waals surface area contributed by atoms with Crippen molar-refractivity contribution in [1.29, 1.82) is 0 Å². The fraction of sp³-hybridized carbons (Fsp3) is 0.300. The summed E-state index contributed by atoms with van der Waals surface area (Å²) in [6.45, 7) is 5.30. The zero-order valence-corrected chi connectivity index (χ0v) is 14.6. The molecule has 5 heteroatoms. The van der Waals surface area contributed by atoms with E-state index >= 15 is 0 Å². The molecule has 0 unspecified atom stereocenters. The maximum absolute atomic E-state index is 6.06. The summed E-state index contributed by atoms with van der Waals surface area (Å²) in [6.07, 6.45) is 6.83. The van der Waals surface area contributed by atoms with Crippen LogP contribution in [0.5, 0.6) is 11.5 Å². The van der Waals surface area contributed by atoms with E-state index in [2.05, 4.69) is 23.1 Å². The van der Waals surface area contributed by atoms with Crippen LogP contribution in [0.2, 0.25) is 0 Å². The molecule has 0 spiro atoms. The molecule has 0 fully saturated rings. The van der Waals surface area contributed by atoms with Crippen molar-refractivity contribution in [3.05, 3.63) is 60.2 Å². The predicted octanol–water partition coefficient (Wildman–Crippen LogP) is 4.46. The van der Waals surface area contributed by atoms with Crippen molar-refractivity contribution in [2.45, 2.75) is 26.7 Å². The lowest BCUT2D eigenvalue weighted by Crippen LogP contribution is -2.03. The summed E-state index contributed by atoms with van der Waals surface area (Å²) >= 11 is 0. The molecular formula is C20H22N2O3. The number of aryl methyl sites for hydroxylation is 1. The molecule has 2 heterocycles. The molecule has 3 rings (SSSR count). The van der Waals surface area contributed by atoms with Crippen LogP contribution in [0.3, 0.4) is 0 Å². The smallest absolute Gasteiger partial charge is 0.130 e. The van der Waals surface area contributed by atoms with Crippen molar-refractivity contribution in [2.75, 3.05) is 13.2 Å². The highest BCUT2D eigenvalue weighted by Crippen LogP contribution is 2.34. The van der Waals surface area contributed by atoms with Gasteiger partial charge in [0.2, 0.25) is 0 Å². The molecule has 25 heavy (non-hydrogen) atoms. The largest absolute Gasteiger partial charge is 0.493 e. The first-order valence-electron chi connectivity index (χ1n) is 8.48. The van der Waals surface area contributed by atoms with Crippen LogP contribution >= 0.6 is 0 Å². The van der Waals surface area contributed by atoms with E-state index < -0.39 is 0 Å². The number of hydrogen-bond donors (Lipinski definition) is 0. The van der Waals surface area contributed by atoms with Crippen LogP contribution in [0.25, 0.3) is 11.1 Å². The van der Waals surface area contributed by atoms with Crippen LogP contribution < -0.4 is 9.47 Å². The highest BCUT2D eigenvalue weighted by molar-refractivity contribution is 5.73. The Bertz CT molecular complexity index is 800. The summed E-state index contributed by atoms with van der Waals surface area (Å²) in [5.74, 6) is 1.60. The first-order valence-corrected chi connectivity index (χ1v) is 8.48. The molecule has 0 bridgehead atoms. The molecule has 0 aliphatic rings. The third-order valence-corrected chi connectivity index (χ3v) is 3.85. The highest BCUT2D eigenvalue weighted by Gasteiger charge is 2.11. The van der Waals surface area contributed by atoms with Crippen molar-refractivity contribution < 1.29 is 14.0 Å². The average molecular weight is 338 g/mol. The van der Waals surface area contributed by atoms with Crippen molar-refractivity contribution in [3.8, 4) is 22.6 Å². The minimum atomic E-state index is 0.532. The van der Waals surface area contributed by atoms with Gasteiger partial charge in [-0.05, 0) is 31.5 Å². The summed E-state index contributed by atoms with van der Waals surface area (Å²) < 4.78 is 16.7. The standard InChI is InChI=1S/C20H22N2O3/c1-3-10-23-17-6-7-19(18-5-4-9-21-15(18)2)20(12-17)24-11-8-16-13-22-25-14-16/h4-7,9,12-14H,3,8,10-11H2,1-2H3. The quantitative estimate of drug-likeness (QED) is 0.607. The number of pyridine rings is 1. The summed E-state index contributed by atoms with van der Waals surface area (Å²) in [5.41, 5.74) is 4.05. The number of benzene rings is 1. The zero-order chi connectivity index (χ0) is 17.5. The van der Waals surface area contributed by atoms with Gasteiger partial charge in [0.15, 0.2) is 0 Å². The Morgan fingerprint density at radius 1 is 1.08 bits per heavy atom. The van der Waals surface area contributed by atoms with Crippen LogP contribution in [-0.4, -0.2) is 23.4 Å². The number of nitrogens with zero attached hydrogens (tertiary/aromatic N) is 2. The van der Waals surface area contributed by atoms with Crippen LogP contribution in [-0.2, 0) is 6.42 Å². The Kier molecular flexibility index (Phi) is 5.67. The third-order valence-electron chi connectivity index (χ3n) is 3.85. The maximum atomic E-state index is 6.06. The molecule has 0 atom stereocenters. The third kappa shape index (κ3) is 4.38. The Balaban J connectivity index is 1.84. The summed E-state index contributed by atoms with van der Waals surface area (Å²) in [5, 5.41) is 3.71. The average Bonchev–Trinajstić information content (AvgIpc) is 3.14. The minimum Gasteiger partial charge on any atom is -0.493 e. The second-order valence-electron chi connectivity index (χ2n) is 5.77. The molecule has 0 N–H and O–H groups in total. The van der Waals surface area contributed by atoms with Gasteiger partial charge in [-0.3, -0.25) is 4.98 Å². The van der Waals surface area contributed by atoms with E-state index in [1.165, 1.54) is 0 Å². The van der Waals surface area contributed by atoms with E-state index in [-0.39, 0.29) is 0 Å². The lowest BCUT2D eigenvalue weighted by Gasteiger charge is -2.15. The SMILES string of the molecule is CCCOc1ccc(-c2cccnc2C)c(OCCc2cnoc2)c1. The Hall–Kier alpha value is -2.82. The second kappa shape index (κ2) is 8.33. The van der Waals surface area contributed by atoms with Gasteiger partial charge in [-0.15, -0.1) is 0 Å². The minimum absolute atomic E-state index is 0.532. The van der Waals surface area contributed by atoms with Crippen molar-refractivity contribution >= 4 is 0 Å². The molecule has 0 aliphatic carbocycles. The summed E-state index contributed by atoms with van der Waals surface area (Å²) in [6, 6.07) is 9.95. The van der Waals surface area contributed by atoms with Crippen molar-refractivity contribution in [1.82, 2.24) is 10.1 Å². The Labute approximate surface area is 147 Å². The van der Waals surface area contributed by atoms with Gasteiger partial charge in [0.25, 0.3) is 0 Å². The van der Waals surface area contributed by atoms with Crippen molar-refractivity contribution in [2.24, 2.45) is 0 Å². The van der Waals surface area contributed by atoms with E-state index in [4.69, 9.17) is 14.0 Å². The van der Waals surface area contributed by atoms with Gasteiger partial charge in [0.1, 0.15) is 17.8 Å². The maximum Gasteiger partial charge on any atom is 0.130 e. The molecule has 0 saturated carbocycles. The summed E-state index contributed by atoms with van der Waals surface area (Å²) in [4.78, 5) is 4.38. The zero-order valence-electron chi connectivity index (χ0n) is 14.6. The van der Waals surface area contributed by atoms with Crippen LogP contribution in [0.1, 0.15) is 24.6 Å². The molecule has 0 saturated heterocycles. The van der Waals surface area contributed by atoms with E-state index in [9.17, 15) is 0 Å². The monoisotopic (exact) mass is 338 g/mol. The molecule has 1 aromatic carbocycles.